The average Bonchev–Trinajstić information content (AvgIpc) is 3.48. The third kappa shape index (κ3) is 10.6. The SMILES string of the molecule is CC[C@H]1OC(=O)[C@H](C)[C@@H](O)[C@H](C)[C@@H](O)[C@](C)(O)C[C@@H](C)CN(CCCNCCC(=O)O[C@]2(C(=O)COC(C)=O)[C@H](C)CC3C4CC(F)=C5CC(=O)C=C[C@]5(C)C4[C@@H](O)C[C@@]32C)[C@H](C)[C@@H](O)[C@]1(C)O. The number of nitrogens with zero attached hydrogens (tertiary/aromatic N) is 1. The summed E-state index contributed by atoms with van der Waals surface area (Å²) in [6.45, 7) is 18.4. The molecule has 3 fully saturated rings. The highest BCUT2D eigenvalue weighted by atomic mass is 19.1. The van der Waals surface area contributed by atoms with E-state index in [1.807, 2.05) is 18.7 Å². The Labute approximate surface area is 401 Å². The summed E-state index contributed by atoms with van der Waals surface area (Å²) < 4.78 is 33.3. The molecule has 3 unspecified atom stereocenters. The van der Waals surface area contributed by atoms with E-state index in [4.69, 9.17) is 14.2 Å². The number of carbonyl (C=O) groups is 5. The number of halogens is 1. The predicted octanol–water partition coefficient (Wildman–Crippen LogP) is 3.50. The number of aliphatic hydroxyl groups is 6. The van der Waals surface area contributed by atoms with Crippen molar-refractivity contribution in [3.05, 3.63) is 23.6 Å². The maximum atomic E-state index is 16.1. The predicted molar refractivity (Wildman–Crippen MR) is 248 cm³/mol. The molecule has 5 aliphatic rings. The van der Waals surface area contributed by atoms with Gasteiger partial charge in [0.05, 0.1) is 36.3 Å². The van der Waals surface area contributed by atoms with Crippen molar-refractivity contribution in [3.8, 4) is 0 Å². The number of ketones is 2. The fraction of sp³-hybridized carbons (Fsp3) is 0.824. The number of Topliss-reactive ketones (excluding diaryl/α,β-unsaturated/α-hetero) is 1. The molecule has 0 aromatic rings. The minimum atomic E-state index is -1.91. The number of hydrogen-bond acceptors (Lipinski definition) is 16. The highest BCUT2D eigenvalue weighted by molar-refractivity contribution is 5.94. The number of hydrogen-bond donors (Lipinski definition) is 7. The monoisotopic (exact) mass is 965 g/mol. The van der Waals surface area contributed by atoms with E-state index in [0.717, 1.165) is 0 Å². The Hall–Kier alpha value is -3.16. The summed E-state index contributed by atoms with van der Waals surface area (Å²) in [7, 11) is 0. The molecular weight excluding hydrogens is 884 g/mol. The molecule has 16 nitrogen and oxygen atoms in total. The van der Waals surface area contributed by atoms with E-state index in [1.54, 1.807) is 40.7 Å². The third-order valence-electron chi connectivity index (χ3n) is 17.2. The standard InChI is InChI=1S/C51H81FN2O14/c1-12-40-50(11,65)45(62)31(6)54(25-27(2)23-49(10,64)44(61)29(4)43(60)30(5)46(63)67-40)19-13-17-53-18-15-41(59)68-51(39(58)26-66-32(7)55)28(3)20-35-34-22-37(52)36-21-33(56)14-16-47(36,8)42(34)38(57)24-48(35,51)9/h14,16,27-31,34-35,38,40,42-45,53,57,60-62,64-65H,12-13,15,17-26H2,1-11H3/t27-,28-,29+,30-,31-,34?,35?,38+,40-,42?,43+,44-,45-,47+,48+,49-,50-,51+/m1/s1. The smallest absolute Gasteiger partial charge is 0.311 e. The van der Waals surface area contributed by atoms with Crippen molar-refractivity contribution >= 4 is 29.5 Å². The van der Waals surface area contributed by atoms with Crippen LogP contribution in [0.2, 0.25) is 0 Å². The van der Waals surface area contributed by atoms with Gasteiger partial charge in [0.25, 0.3) is 0 Å². The van der Waals surface area contributed by atoms with Crippen molar-refractivity contribution in [2.24, 2.45) is 52.3 Å². The van der Waals surface area contributed by atoms with Crippen LogP contribution in [-0.4, -0.2) is 151 Å². The fourth-order valence-electron chi connectivity index (χ4n) is 13.6. The number of fused-ring (bicyclic) bond motifs is 5. The summed E-state index contributed by atoms with van der Waals surface area (Å²) in [4.78, 5) is 68.0. The van der Waals surface area contributed by atoms with Crippen LogP contribution in [0.3, 0.4) is 0 Å². The number of ether oxygens (including phenoxy) is 3. The van der Waals surface area contributed by atoms with Crippen LogP contribution in [0.5, 0.6) is 0 Å². The van der Waals surface area contributed by atoms with Gasteiger partial charge in [-0.1, -0.05) is 47.6 Å². The molecule has 68 heavy (non-hydrogen) atoms. The van der Waals surface area contributed by atoms with Crippen molar-refractivity contribution in [1.29, 1.82) is 0 Å². The zero-order chi connectivity index (χ0) is 51.1. The molecule has 17 heteroatoms. The van der Waals surface area contributed by atoms with Gasteiger partial charge in [0.1, 0.15) is 23.6 Å². The maximum absolute atomic E-state index is 16.1. The quantitative estimate of drug-likeness (QED) is 0.0840. The number of rotatable bonds is 12. The second kappa shape index (κ2) is 21.3. The van der Waals surface area contributed by atoms with Gasteiger partial charge in [-0.05, 0) is 102 Å². The number of carbonyl (C=O) groups excluding carboxylic acids is 5. The Kier molecular flexibility index (Phi) is 17.5. The molecule has 5 rings (SSSR count). The van der Waals surface area contributed by atoms with E-state index in [-0.39, 0.29) is 62.7 Å². The largest absolute Gasteiger partial charge is 0.459 e. The number of cyclic esters (lactones) is 1. The Bertz CT molecular complexity index is 1940. The molecule has 0 radical (unpaired) electrons. The van der Waals surface area contributed by atoms with Gasteiger partial charge in [0, 0.05) is 67.5 Å². The first-order valence-corrected chi connectivity index (χ1v) is 24.8. The molecule has 0 amide bonds. The van der Waals surface area contributed by atoms with Crippen LogP contribution in [0.4, 0.5) is 4.39 Å². The second-order valence-electron chi connectivity index (χ2n) is 22.2. The summed E-state index contributed by atoms with van der Waals surface area (Å²) in [6.07, 6.45) is -2.28. The summed E-state index contributed by atoms with van der Waals surface area (Å²) >= 11 is 0. The first kappa shape index (κ1) is 55.8. The van der Waals surface area contributed by atoms with E-state index < -0.39 is 130 Å². The van der Waals surface area contributed by atoms with Gasteiger partial charge in [-0.25, -0.2) is 4.39 Å². The average molecular weight is 965 g/mol. The summed E-state index contributed by atoms with van der Waals surface area (Å²) in [5.74, 6) is -7.55. The topological polar surface area (TPSA) is 250 Å². The van der Waals surface area contributed by atoms with Crippen molar-refractivity contribution in [2.75, 3.05) is 32.8 Å². The molecule has 0 aromatic carbocycles. The van der Waals surface area contributed by atoms with Crippen LogP contribution in [0.15, 0.2) is 23.6 Å². The molecule has 0 spiro atoms. The number of aliphatic hydroxyl groups excluding tert-OH is 4. The molecule has 18 atom stereocenters. The zero-order valence-electron chi connectivity index (χ0n) is 42.1. The minimum absolute atomic E-state index is 0.0253. The van der Waals surface area contributed by atoms with E-state index in [1.165, 1.54) is 33.8 Å². The van der Waals surface area contributed by atoms with Crippen LogP contribution in [0, 0.1) is 52.3 Å². The summed E-state index contributed by atoms with van der Waals surface area (Å²) in [6, 6.07) is -0.695. The first-order chi connectivity index (χ1) is 31.5. The molecular formula is C51H81FN2O14. The van der Waals surface area contributed by atoms with Gasteiger partial charge in [0.2, 0.25) is 5.78 Å². The van der Waals surface area contributed by atoms with E-state index >= 15 is 4.39 Å². The molecule has 1 aliphatic heterocycles. The number of esters is 3. The number of nitrogens with one attached hydrogen (secondary N) is 1. The molecule has 2 saturated carbocycles. The molecule has 4 aliphatic carbocycles. The van der Waals surface area contributed by atoms with Gasteiger partial charge in [0.15, 0.2) is 18.0 Å². The fourth-order valence-corrected chi connectivity index (χ4v) is 13.6. The molecule has 0 aromatic heterocycles. The van der Waals surface area contributed by atoms with Crippen LogP contribution >= 0.6 is 0 Å². The van der Waals surface area contributed by atoms with Gasteiger partial charge in [-0.15, -0.1) is 0 Å². The van der Waals surface area contributed by atoms with E-state index in [0.29, 0.717) is 38.0 Å². The zero-order valence-corrected chi connectivity index (χ0v) is 42.1. The third-order valence-corrected chi connectivity index (χ3v) is 17.2. The van der Waals surface area contributed by atoms with Gasteiger partial charge in [-0.3, -0.25) is 28.9 Å². The lowest BCUT2D eigenvalue weighted by Crippen LogP contribution is -2.64. The van der Waals surface area contributed by atoms with Crippen LogP contribution in [-0.2, 0) is 38.2 Å². The van der Waals surface area contributed by atoms with Crippen LogP contribution < -0.4 is 5.32 Å². The van der Waals surface area contributed by atoms with Gasteiger partial charge >= 0.3 is 17.9 Å². The normalized spacial score (nSPS) is 43.9. The lowest BCUT2D eigenvalue weighted by molar-refractivity contribution is -0.205. The van der Waals surface area contributed by atoms with Gasteiger partial charge < -0.3 is 50.2 Å². The maximum Gasteiger partial charge on any atom is 0.311 e. The van der Waals surface area contributed by atoms with Crippen LogP contribution in [0.1, 0.15) is 128 Å². The van der Waals surface area contributed by atoms with Crippen molar-refractivity contribution < 1.29 is 73.2 Å². The van der Waals surface area contributed by atoms with Crippen molar-refractivity contribution in [2.45, 2.75) is 181 Å². The lowest BCUT2D eigenvalue weighted by Gasteiger charge is -2.59. The van der Waals surface area contributed by atoms with Gasteiger partial charge in [-0.2, -0.15) is 0 Å². The van der Waals surface area contributed by atoms with E-state index in [9.17, 15) is 54.6 Å². The summed E-state index contributed by atoms with van der Waals surface area (Å²) in [5.41, 5.74) is -7.08. The van der Waals surface area contributed by atoms with E-state index in [2.05, 4.69) is 5.32 Å². The second-order valence-corrected chi connectivity index (χ2v) is 22.2. The molecule has 1 saturated heterocycles. The lowest BCUT2D eigenvalue weighted by atomic mass is 9.46. The molecule has 0 bridgehead atoms. The Balaban J connectivity index is 1.29. The Morgan fingerprint density at radius 2 is 1.63 bits per heavy atom. The molecule has 386 valence electrons. The molecule has 7 N–H and O–H groups in total. The van der Waals surface area contributed by atoms with Crippen LogP contribution in [0.25, 0.3) is 0 Å². The highest BCUT2D eigenvalue weighted by Gasteiger charge is 2.73. The number of allylic oxidation sites excluding steroid dienone is 4. The highest BCUT2D eigenvalue weighted by Crippen LogP contribution is 2.69. The van der Waals surface area contributed by atoms with Crippen molar-refractivity contribution in [3.63, 3.8) is 0 Å². The van der Waals surface area contributed by atoms with Crippen molar-refractivity contribution in [1.82, 2.24) is 10.2 Å². The molecule has 1 heterocycles. The minimum Gasteiger partial charge on any atom is -0.459 e. The first-order valence-electron chi connectivity index (χ1n) is 24.8. The Morgan fingerprint density at radius 1 is 0.971 bits per heavy atom. The summed E-state index contributed by atoms with van der Waals surface area (Å²) in [5, 5.41) is 72.6. The Morgan fingerprint density at radius 3 is 2.26 bits per heavy atom.